The number of phenolic OH excluding ortho intramolecular Hbond substituents is 1. The Hall–Kier alpha value is -2.04. The van der Waals surface area contributed by atoms with Gasteiger partial charge in [0.05, 0.1) is 18.6 Å². The molecule has 0 unspecified atom stereocenters. The van der Waals surface area contributed by atoms with Crippen molar-refractivity contribution in [3.8, 4) is 5.75 Å². The van der Waals surface area contributed by atoms with Gasteiger partial charge in [-0.25, -0.2) is 0 Å². The third-order valence-corrected chi connectivity index (χ3v) is 2.77. The molecule has 1 aromatic carbocycles. The van der Waals surface area contributed by atoms with Gasteiger partial charge < -0.3 is 14.7 Å². The number of benzene rings is 1. The molecule has 0 aliphatic carbocycles. The van der Waals surface area contributed by atoms with Gasteiger partial charge in [0, 0.05) is 13.6 Å². The van der Waals surface area contributed by atoms with Gasteiger partial charge in [0.2, 0.25) is 0 Å². The number of hydrogen-bond acceptors (Lipinski definition) is 4. The Labute approximate surface area is 112 Å². The summed E-state index contributed by atoms with van der Waals surface area (Å²) >= 11 is 0. The lowest BCUT2D eigenvalue weighted by Crippen LogP contribution is -2.29. The highest BCUT2D eigenvalue weighted by molar-refractivity contribution is 5.97. The van der Waals surface area contributed by atoms with Crippen molar-refractivity contribution in [1.29, 1.82) is 0 Å². The minimum Gasteiger partial charge on any atom is -0.507 e. The summed E-state index contributed by atoms with van der Waals surface area (Å²) in [6.45, 7) is 4.04. The number of aromatic hydroxyl groups is 1. The zero-order chi connectivity index (χ0) is 14.4. The molecule has 0 heterocycles. The van der Waals surface area contributed by atoms with Crippen LogP contribution in [-0.4, -0.2) is 42.1 Å². The number of hydrogen-bond donors (Lipinski definition) is 1. The molecule has 104 valence electrons. The SMILES string of the molecule is CCOC(=O)CCN(C)C(=O)c1cccc(C)c1O. The third kappa shape index (κ3) is 3.98. The average Bonchev–Trinajstić information content (AvgIpc) is 2.38. The Morgan fingerprint density at radius 2 is 2.05 bits per heavy atom. The van der Waals surface area contributed by atoms with Gasteiger partial charge in [-0.05, 0) is 25.5 Å². The van der Waals surface area contributed by atoms with E-state index in [1.165, 1.54) is 4.90 Å². The summed E-state index contributed by atoms with van der Waals surface area (Å²) in [6, 6.07) is 5.00. The quantitative estimate of drug-likeness (QED) is 0.823. The molecule has 1 aromatic rings. The summed E-state index contributed by atoms with van der Waals surface area (Å²) in [6.07, 6.45) is 0.142. The summed E-state index contributed by atoms with van der Waals surface area (Å²) in [5.41, 5.74) is 0.885. The zero-order valence-electron chi connectivity index (χ0n) is 11.5. The first-order chi connectivity index (χ1) is 8.97. The number of para-hydroxylation sites is 1. The maximum Gasteiger partial charge on any atom is 0.307 e. The second-order valence-corrected chi connectivity index (χ2v) is 4.25. The number of carbonyl (C=O) groups excluding carboxylic acids is 2. The molecular formula is C14H19NO4. The molecule has 0 radical (unpaired) electrons. The van der Waals surface area contributed by atoms with Crippen molar-refractivity contribution in [3.05, 3.63) is 29.3 Å². The summed E-state index contributed by atoms with van der Waals surface area (Å²) < 4.78 is 4.79. The van der Waals surface area contributed by atoms with Crippen LogP contribution in [0.15, 0.2) is 18.2 Å². The standard InChI is InChI=1S/C14H19NO4/c1-4-19-12(16)8-9-15(3)14(18)11-7-5-6-10(2)13(11)17/h5-7,17H,4,8-9H2,1-3H3. The van der Waals surface area contributed by atoms with Crippen LogP contribution in [0.1, 0.15) is 29.3 Å². The molecule has 5 nitrogen and oxygen atoms in total. The minimum atomic E-state index is -0.337. The molecular weight excluding hydrogens is 246 g/mol. The maximum absolute atomic E-state index is 12.1. The summed E-state index contributed by atoms with van der Waals surface area (Å²) in [7, 11) is 1.59. The molecule has 19 heavy (non-hydrogen) atoms. The first-order valence-corrected chi connectivity index (χ1v) is 6.17. The van der Waals surface area contributed by atoms with Crippen LogP contribution >= 0.6 is 0 Å². The Kier molecular flexibility index (Phi) is 5.36. The Bertz CT molecular complexity index is 471. The van der Waals surface area contributed by atoms with E-state index in [1.54, 1.807) is 39.1 Å². The number of nitrogens with zero attached hydrogens (tertiary/aromatic N) is 1. The largest absolute Gasteiger partial charge is 0.507 e. The molecule has 1 rings (SSSR count). The first-order valence-electron chi connectivity index (χ1n) is 6.17. The number of esters is 1. The van der Waals surface area contributed by atoms with Crippen LogP contribution in [0.3, 0.4) is 0 Å². The lowest BCUT2D eigenvalue weighted by atomic mass is 10.1. The third-order valence-electron chi connectivity index (χ3n) is 2.77. The van der Waals surface area contributed by atoms with Gasteiger partial charge in [0.25, 0.3) is 5.91 Å². The highest BCUT2D eigenvalue weighted by Gasteiger charge is 2.17. The van der Waals surface area contributed by atoms with Crippen LogP contribution in [-0.2, 0) is 9.53 Å². The molecule has 0 fully saturated rings. The van der Waals surface area contributed by atoms with Crippen molar-refractivity contribution >= 4 is 11.9 Å². The predicted molar refractivity (Wildman–Crippen MR) is 71.1 cm³/mol. The molecule has 0 aliphatic rings. The van der Waals surface area contributed by atoms with E-state index in [-0.39, 0.29) is 36.2 Å². The van der Waals surface area contributed by atoms with Crippen molar-refractivity contribution in [2.24, 2.45) is 0 Å². The molecule has 0 aromatic heterocycles. The summed E-state index contributed by atoms with van der Waals surface area (Å²) in [5.74, 6) is -0.670. The van der Waals surface area contributed by atoms with E-state index in [1.807, 2.05) is 0 Å². The smallest absolute Gasteiger partial charge is 0.307 e. The van der Waals surface area contributed by atoms with E-state index >= 15 is 0 Å². The lowest BCUT2D eigenvalue weighted by Gasteiger charge is -2.17. The zero-order valence-corrected chi connectivity index (χ0v) is 11.5. The van der Waals surface area contributed by atoms with E-state index in [4.69, 9.17) is 4.74 Å². The molecule has 0 atom stereocenters. The predicted octanol–water partition coefficient (Wildman–Crippen LogP) is 1.73. The van der Waals surface area contributed by atoms with E-state index in [2.05, 4.69) is 0 Å². The molecule has 0 aliphatic heterocycles. The fraction of sp³-hybridized carbons (Fsp3) is 0.429. The Balaban J connectivity index is 2.67. The molecule has 0 bridgehead atoms. The van der Waals surface area contributed by atoms with Crippen molar-refractivity contribution < 1.29 is 19.4 Å². The second-order valence-electron chi connectivity index (χ2n) is 4.25. The fourth-order valence-corrected chi connectivity index (χ4v) is 1.63. The fourth-order valence-electron chi connectivity index (χ4n) is 1.63. The molecule has 1 amide bonds. The summed E-state index contributed by atoms with van der Waals surface area (Å²) in [5, 5.41) is 9.84. The summed E-state index contributed by atoms with van der Waals surface area (Å²) in [4.78, 5) is 24.7. The van der Waals surface area contributed by atoms with Crippen LogP contribution in [0.5, 0.6) is 5.75 Å². The molecule has 5 heteroatoms. The van der Waals surface area contributed by atoms with Gasteiger partial charge in [0.1, 0.15) is 5.75 Å². The van der Waals surface area contributed by atoms with Crippen molar-refractivity contribution in [2.45, 2.75) is 20.3 Å². The first kappa shape index (κ1) is 15.0. The van der Waals surface area contributed by atoms with E-state index < -0.39 is 0 Å². The number of carbonyl (C=O) groups is 2. The van der Waals surface area contributed by atoms with Crippen LogP contribution in [0.25, 0.3) is 0 Å². The number of aryl methyl sites for hydroxylation is 1. The van der Waals surface area contributed by atoms with Gasteiger partial charge in [-0.2, -0.15) is 0 Å². The van der Waals surface area contributed by atoms with Crippen LogP contribution in [0.4, 0.5) is 0 Å². The number of ether oxygens (including phenoxy) is 1. The second kappa shape index (κ2) is 6.78. The average molecular weight is 265 g/mol. The normalized spacial score (nSPS) is 10.1. The highest BCUT2D eigenvalue weighted by atomic mass is 16.5. The molecule has 1 N–H and O–H groups in total. The van der Waals surface area contributed by atoms with Crippen molar-refractivity contribution in [1.82, 2.24) is 4.90 Å². The topological polar surface area (TPSA) is 66.8 Å². The van der Waals surface area contributed by atoms with Crippen LogP contribution < -0.4 is 0 Å². The Morgan fingerprint density at radius 3 is 2.68 bits per heavy atom. The maximum atomic E-state index is 12.1. The molecule has 0 saturated heterocycles. The van der Waals surface area contributed by atoms with E-state index in [0.717, 1.165) is 0 Å². The van der Waals surface area contributed by atoms with Gasteiger partial charge in [0.15, 0.2) is 0 Å². The van der Waals surface area contributed by atoms with Gasteiger partial charge in [-0.1, -0.05) is 12.1 Å². The molecule has 0 saturated carbocycles. The van der Waals surface area contributed by atoms with E-state index in [9.17, 15) is 14.7 Å². The minimum absolute atomic E-state index is 0.0181. The lowest BCUT2D eigenvalue weighted by molar-refractivity contribution is -0.143. The van der Waals surface area contributed by atoms with Crippen molar-refractivity contribution in [3.63, 3.8) is 0 Å². The molecule has 0 spiro atoms. The number of rotatable bonds is 5. The van der Waals surface area contributed by atoms with Crippen molar-refractivity contribution in [2.75, 3.05) is 20.2 Å². The monoisotopic (exact) mass is 265 g/mol. The van der Waals surface area contributed by atoms with Gasteiger partial charge >= 0.3 is 5.97 Å². The van der Waals surface area contributed by atoms with Crippen LogP contribution in [0, 0.1) is 6.92 Å². The Morgan fingerprint density at radius 1 is 1.37 bits per heavy atom. The van der Waals surface area contributed by atoms with E-state index in [0.29, 0.717) is 12.2 Å². The highest BCUT2D eigenvalue weighted by Crippen LogP contribution is 2.22. The van der Waals surface area contributed by atoms with Gasteiger partial charge in [-0.3, -0.25) is 9.59 Å². The van der Waals surface area contributed by atoms with Crippen LogP contribution in [0.2, 0.25) is 0 Å². The van der Waals surface area contributed by atoms with Gasteiger partial charge in [-0.15, -0.1) is 0 Å². The number of phenols is 1. The number of amides is 1.